The van der Waals surface area contributed by atoms with E-state index in [-0.39, 0.29) is 12.5 Å². The maximum Gasteiger partial charge on any atom is 0.359 e. The van der Waals surface area contributed by atoms with Crippen LogP contribution in [0, 0.1) is 6.92 Å². The second-order valence-electron chi connectivity index (χ2n) is 7.21. The molecule has 1 aromatic heterocycles. The Morgan fingerprint density at radius 3 is 2.59 bits per heavy atom. The molecule has 29 heavy (non-hydrogen) atoms. The van der Waals surface area contributed by atoms with E-state index in [0.717, 1.165) is 47.3 Å². The fraction of sp³-hybridized carbons (Fsp3) is 0.261. The fourth-order valence-corrected chi connectivity index (χ4v) is 3.54. The van der Waals surface area contributed by atoms with Crippen molar-refractivity contribution in [2.45, 2.75) is 32.7 Å². The maximum atomic E-state index is 12.6. The van der Waals surface area contributed by atoms with Gasteiger partial charge in [0.25, 0.3) is 5.91 Å². The molecule has 0 bridgehead atoms. The summed E-state index contributed by atoms with van der Waals surface area (Å²) >= 11 is 0. The largest absolute Gasteiger partial charge is 0.451 e. The van der Waals surface area contributed by atoms with Crippen LogP contribution in [0.1, 0.15) is 39.3 Å². The van der Waals surface area contributed by atoms with Crippen molar-refractivity contribution in [1.29, 1.82) is 0 Å². The molecule has 3 aromatic rings. The number of ether oxygens (including phenoxy) is 1. The summed E-state index contributed by atoms with van der Waals surface area (Å²) in [6.07, 6.45) is 2.66. The van der Waals surface area contributed by atoms with Crippen LogP contribution in [0.15, 0.2) is 54.6 Å². The van der Waals surface area contributed by atoms with Crippen LogP contribution >= 0.6 is 0 Å². The highest BCUT2D eigenvalue weighted by molar-refractivity contribution is 5.91. The summed E-state index contributed by atoms with van der Waals surface area (Å²) in [4.78, 5) is 24.7. The Morgan fingerprint density at radius 2 is 1.83 bits per heavy atom. The van der Waals surface area contributed by atoms with Crippen molar-refractivity contribution in [2.24, 2.45) is 0 Å². The molecule has 1 aliphatic rings. The van der Waals surface area contributed by atoms with Crippen LogP contribution in [0.4, 0.5) is 0 Å². The van der Waals surface area contributed by atoms with Crippen LogP contribution in [-0.4, -0.2) is 28.3 Å². The summed E-state index contributed by atoms with van der Waals surface area (Å²) in [6.45, 7) is 2.09. The van der Waals surface area contributed by atoms with E-state index < -0.39 is 5.97 Å². The monoisotopic (exact) mass is 389 g/mol. The standard InChI is InChI=1S/C23H23N3O3/c1-16-10-12-17(13-11-16)14-24-21(27)15-29-23(28)22-19-8-5-9-20(19)26(25-22)18-6-3-2-4-7-18/h2-4,6-7,10-13H,5,8-9,14-15H2,1H3,(H,24,27). The molecule has 0 unspecified atom stereocenters. The number of benzene rings is 2. The summed E-state index contributed by atoms with van der Waals surface area (Å²) in [7, 11) is 0. The van der Waals surface area contributed by atoms with Crippen LogP contribution in [-0.2, 0) is 28.9 Å². The number of aryl methyl sites for hydroxylation is 1. The number of fused-ring (bicyclic) bond motifs is 1. The number of hydrogen-bond donors (Lipinski definition) is 1. The lowest BCUT2D eigenvalue weighted by molar-refractivity contribution is -0.124. The summed E-state index contributed by atoms with van der Waals surface area (Å²) in [6, 6.07) is 17.6. The van der Waals surface area contributed by atoms with E-state index >= 15 is 0 Å². The lowest BCUT2D eigenvalue weighted by Crippen LogP contribution is -2.28. The number of nitrogens with one attached hydrogen (secondary N) is 1. The van der Waals surface area contributed by atoms with Gasteiger partial charge in [-0.1, -0.05) is 48.0 Å². The SMILES string of the molecule is Cc1ccc(CNC(=O)COC(=O)c2nn(-c3ccccc3)c3c2CCC3)cc1. The van der Waals surface area contributed by atoms with Crippen LogP contribution in [0.3, 0.4) is 0 Å². The molecule has 0 radical (unpaired) electrons. The molecule has 0 fully saturated rings. The molecule has 1 heterocycles. The number of esters is 1. The van der Waals surface area contributed by atoms with E-state index in [1.54, 1.807) is 0 Å². The lowest BCUT2D eigenvalue weighted by atomic mass is 10.1. The van der Waals surface area contributed by atoms with Crippen LogP contribution < -0.4 is 5.32 Å². The summed E-state index contributed by atoms with van der Waals surface area (Å²) in [5.41, 5.74) is 5.37. The third-order valence-corrected chi connectivity index (χ3v) is 5.07. The number of nitrogens with zero attached hydrogens (tertiary/aromatic N) is 2. The topological polar surface area (TPSA) is 73.2 Å². The fourth-order valence-electron chi connectivity index (χ4n) is 3.54. The average Bonchev–Trinajstić information content (AvgIpc) is 3.35. The molecule has 0 atom stereocenters. The summed E-state index contributed by atoms with van der Waals surface area (Å²) < 4.78 is 7.06. The first kappa shape index (κ1) is 18.9. The average molecular weight is 389 g/mol. The molecule has 6 heteroatoms. The Bertz CT molecular complexity index is 1020. The smallest absolute Gasteiger partial charge is 0.359 e. The van der Waals surface area contributed by atoms with Gasteiger partial charge in [-0.05, 0) is 43.9 Å². The van der Waals surface area contributed by atoms with Crippen LogP contribution in [0.5, 0.6) is 0 Å². The minimum absolute atomic E-state index is 0.313. The zero-order chi connectivity index (χ0) is 20.2. The van der Waals surface area contributed by atoms with Crippen LogP contribution in [0.2, 0.25) is 0 Å². The minimum Gasteiger partial charge on any atom is -0.451 e. The predicted molar refractivity (Wildman–Crippen MR) is 109 cm³/mol. The number of para-hydroxylation sites is 1. The van der Waals surface area contributed by atoms with Gasteiger partial charge >= 0.3 is 5.97 Å². The van der Waals surface area contributed by atoms with Gasteiger partial charge in [-0.2, -0.15) is 5.10 Å². The molecule has 0 spiro atoms. The first-order valence-electron chi connectivity index (χ1n) is 9.77. The molecule has 2 aromatic carbocycles. The van der Waals surface area contributed by atoms with Gasteiger partial charge in [0.15, 0.2) is 12.3 Å². The maximum absolute atomic E-state index is 12.6. The van der Waals surface area contributed by atoms with E-state index in [4.69, 9.17) is 4.74 Å². The number of amides is 1. The molecule has 0 saturated heterocycles. The normalized spacial score (nSPS) is 12.4. The van der Waals surface area contributed by atoms with Crippen molar-refractivity contribution in [3.05, 3.63) is 82.7 Å². The van der Waals surface area contributed by atoms with Crippen molar-refractivity contribution >= 4 is 11.9 Å². The van der Waals surface area contributed by atoms with Crippen molar-refractivity contribution in [3.63, 3.8) is 0 Å². The third-order valence-electron chi connectivity index (χ3n) is 5.07. The Morgan fingerprint density at radius 1 is 1.07 bits per heavy atom. The Hall–Kier alpha value is -3.41. The molecular formula is C23H23N3O3. The third kappa shape index (κ3) is 4.21. The van der Waals surface area contributed by atoms with Gasteiger partial charge < -0.3 is 10.1 Å². The van der Waals surface area contributed by atoms with Gasteiger partial charge in [-0.3, -0.25) is 4.79 Å². The molecule has 1 aliphatic carbocycles. The molecule has 148 valence electrons. The van der Waals surface area contributed by atoms with Gasteiger partial charge in [0.1, 0.15) is 0 Å². The zero-order valence-electron chi connectivity index (χ0n) is 16.4. The zero-order valence-corrected chi connectivity index (χ0v) is 16.4. The first-order chi connectivity index (χ1) is 14.1. The molecule has 4 rings (SSSR count). The minimum atomic E-state index is -0.552. The highest BCUT2D eigenvalue weighted by atomic mass is 16.5. The van der Waals surface area contributed by atoms with E-state index in [1.165, 1.54) is 0 Å². The van der Waals surface area contributed by atoms with Crippen molar-refractivity contribution in [1.82, 2.24) is 15.1 Å². The number of carbonyl (C=O) groups is 2. The number of hydrogen-bond acceptors (Lipinski definition) is 4. The van der Waals surface area contributed by atoms with E-state index in [1.807, 2.05) is 66.2 Å². The van der Waals surface area contributed by atoms with Crippen molar-refractivity contribution in [2.75, 3.05) is 6.61 Å². The Labute approximate surface area is 169 Å². The highest BCUT2D eigenvalue weighted by Gasteiger charge is 2.28. The second-order valence-corrected chi connectivity index (χ2v) is 7.21. The Balaban J connectivity index is 1.39. The molecule has 0 aliphatic heterocycles. The summed E-state index contributed by atoms with van der Waals surface area (Å²) in [5, 5.41) is 7.26. The molecular weight excluding hydrogens is 366 g/mol. The molecule has 6 nitrogen and oxygen atoms in total. The van der Waals surface area contributed by atoms with Gasteiger partial charge in [-0.25, -0.2) is 9.48 Å². The molecule has 1 amide bonds. The number of carbonyl (C=O) groups excluding carboxylic acids is 2. The quantitative estimate of drug-likeness (QED) is 0.658. The number of rotatable bonds is 6. The molecule has 1 N–H and O–H groups in total. The van der Waals surface area contributed by atoms with Crippen molar-refractivity contribution < 1.29 is 14.3 Å². The van der Waals surface area contributed by atoms with Gasteiger partial charge in [-0.15, -0.1) is 0 Å². The molecule has 0 saturated carbocycles. The number of aromatic nitrogens is 2. The predicted octanol–water partition coefficient (Wildman–Crippen LogP) is 3.14. The van der Waals surface area contributed by atoms with E-state index in [9.17, 15) is 9.59 Å². The van der Waals surface area contributed by atoms with Gasteiger partial charge in [0.05, 0.1) is 5.69 Å². The van der Waals surface area contributed by atoms with Crippen LogP contribution in [0.25, 0.3) is 5.69 Å². The lowest BCUT2D eigenvalue weighted by Gasteiger charge is -2.07. The first-order valence-corrected chi connectivity index (χ1v) is 9.77. The highest BCUT2D eigenvalue weighted by Crippen LogP contribution is 2.28. The second kappa shape index (κ2) is 8.31. The van der Waals surface area contributed by atoms with E-state index in [2.05, 4.69) is 10.4 Å². The van der Waals surface area contributed by atoms with Crippen molar-refractivity contribution in [3.8, 4) is 5.69 Å². The van der Waals surface area contributed by atoms with Gasteiger partial charge in [0.2, 0.25) is 0 Å². The van der Waals surface area contributed by atoms with E-state index in [0.29, 0.717) is 12.2 Å². The Kier molecular flexibility index (Phi) is 5.42. The van der Waals surface area contributed by atoms with Gasteiger partial charge in [0, 0.05) is 17.8 Å². The summed E-state index contributed by atoms with van der Waals surface area (Å²) in [5.74, 6) is -0.888.